The minimum Gasteiger partial charge on any atom is -0.468 e. The van der Waals surface area contributed by atoms with Gasteiger partial charge in [-0.05, 0) is 25.6 Å². The Kier molecular flexibility index (Phi) is 5.70. The molecular formula is C17H20N2O5. The van der Waals surface area contributed by atoms with E-state index in [4.69, 9.17) is 4.74 Å². The third kappa shape index (κ3) is 3.80. The van der Waals surface area contributed by atoms with Gasteiger partial charge < -0.3 is 14.5 Å². The van der Waals surface area contributed by atoms with E-state index in [0.29, 0.717) is 11.1 Å². The Morgan fingerprint density at radius 2 is 1.96 bits per heavy atom. The van der Waals surface area contributed by atoms with Gasteiger partial charge in [-0.2, -0.15) is 0 Å². The Morgan fingerprint density at radius 3 is 2.62 bits per heavy atom. The number of hydrogen-bond acceptors (Lipinski definition) is 6. The van der Waals surface area contributed by atoms with Crippen molar-refractivity contribution in [2.75, 3.05) is 27.3 Å². The molecule has 0 aliphatic heterocycles. The third-order valence-corrected chi connectivity index (χ3v) is 3.56. The number of likely N-dealkylation sites (N-methyl/N-ethyl adjacent to an activating group) is 1. The summed E-state index contributed by atoms with van der Waals surface area (Å²) in [6, 6.07) is 7.19. The van der Waals surface area contributed by atoms with Crippen molar-refractivity contribution < 1.29 is 19.1 Å². The van der Waals surface area contributed by atoms with Crippen LogP contribution in [-0.2, 0) is 20.8 Å². The topological polar surface area (TPSA) is 88.7 Å². The van der Waals surface area contributed by atoms with E-state index in [0.717, 1.165) is 5.39 Å². The quantitative estimate of drug-likeness (QED) is 0.802. The van der Waals surface area contributed by atoms with Crippen LogP contribution in [0.4, 0.5) is 0 Å². The number of nitrogens with one attached hydrogen (secondary N) is 1. The van der Waals surface area contributed by atoms with Crippen LogP contribution in [0, 0.1) is 0 Å². The number of para-hydroxylation sites is 1. The van der Waals surface area contributed by atoms with Gasteiger partial charge in [-0.25, -0.2) is 4.79 Å². The number of carbonyl (C=O) groups is 2. The number of aromatic nitrogens is 1. The lowest BCUT2D eigenvalue weighted by atomic mass is 10.0. The highest BCUT2D eigenvalue weighted by molar-refractivity contribution is 5.97. The van der Waals surface area contributed by atoms with E-state index in [-0.39, 0.29) is 25.3 Å². The van der Waals surface area contributed by atoms with Crippen LogP contribution in [0.25, 0.3) is 10.9 Å². The van der Waals surface area contributed by atoms with Crippen LogP contribution in [0.5, 0.6) is 0 Å². The molecule has 2 rings (SSSR count). The first-order valence-corrected chi connectivity index (χ1v) is 7.54. The largest absolute Gasteiger partial charge is 0.468 e. The highest BCUT2D eigenvalue weighted by atomic mass is 16.5. The highest BCUT2D eigenvalue weighted by Crippen LogP contribution is 2.20. The predicted molar refractivity (Wildman–Crippen MR) is 88.9 cm³/mol. The van der Waals surface area contributed by atoms with Gasteiger partial charge in [0.25, 0.3) is 5.56 Å². The summed E-state index contributed by atoms with van der Waals surface area (Å²) in [5, 5.41) is 0.733. The molecule has 7 heteroatoms. The van der Waals surface area contributed by atoms with Crippen molar-refractivity contribution >= 4 is 22.8 Å². The fourth-order valence-corrected chi connectivity index (χ4v) is 2.51. The van der Waals surface area contributed by atoms with Gasteiger partial charge in [0.2, 0.25) is 0 Å². The molecule has 1 heterocycles. The zero-order valence-corrected chi connectivity index (χ0v) is 13.9. The van der Waals surface area contributed by atoms with E-state index >= 15 is 0 Å². The van der Waals surface area contributed by atoms with E-state index in [2.05, 4.69) is 9.72 Å². The molecule has 0 aliphatic carbocycles. The van der Waals surface area contributed by atoms with Gasteiger partial charge in [-0.15, -0.1) is 0 Å². The minimum atomic E-state index is -0.675. The van der Waals surface area contributed by atoms with Gasteiger partial charge in [0, 0.05) is 17.4 Å². The normalized spacial score (nSPS) is 10.8. The van der Waals surface area contributed by atoms with Crippen LogP contribution in [-0.4, -0.2) is 49.1 Å². The zero-order valence-electron chi connectivity index (χ0n) is 13.9. The molecule has 0 bridgehead atoms. The lowest BCUT2D eigenvalue weighted by molar-refractivity contribution is -0.141. The second kappa shape index (κ2) is 7.74. The van der Waals surface area contributed by atoms with Gasteiger partial charge in [-0.3, -0.25) is 14.5 Å². The summed E-state index contributed by atoms with van der Waals surface area (Å²) in [6.07, 6.45) is 0. The number of fused-ring (bicyclic) bond motifs is 1. The van der Waals surface area contributed by atoms with E-state index in [1.807, 2.05) is 12.1 Å². The van der Waals surface area contributed by atoms with Crippen molar-refractivity contribution in [2.24, 2.45) is 0 Å². The highest BCUT2D eigenvalue weighted by Gasteiger charge is 2.22. The first-order valence-electron chi connectivity index (χ1n) is 7.54. The maximum atomic E-state index is 12.4. The van der Waals surface area contributed by atoms with Crippen molar-refractivity contribution in [3.8, 4) is 0 Å². The van der Waals surface area contributed by atoms with Crippen molar-refractivity contribution in [2.45, 2.75) is 13.5 Å². The number of H-pyrrole nitrogens is 1. The zero-order chi connectivity index (χ0) is 17.7. The fraction of sp³-hybridized carbons (Fsp3) is 0.353. The number of ether oxygens (including phenoxy) is 2. The third-order valence-electron chi connectivity index (χ3n) is 3.56. The molecule has 1 aromatic heterocycles. The Labute approximate surface area is 139 Å². The number of nitrogens with zero attached hydrogens (tertiary/aromatic N) is 1. The molecule has 0 unspecified atom stereocenters. The molecule has 1 N–H and O–H groups in total. The molecule has 1 aromatic carbocycles. The van der Waals surface area contributed by atoms with Gasteiger partial charge >= 0.3 is 11.9 Å². The Morgan fingerprint density at radius 1 is 1.25 bits per heavy atom. The van der Waals surface area contributed by atoms with Crippen LogP contribution in [0.2, 0.25) is 0 Å². The first kappa shape index (κ1) is 17.7. The van der Waals surface area contributed by atoms with Crippen molar-refractivity contribution in [3.63, 3.8) is 0 Å². The average molecular weight is 332 g/mol. The molecule has 0 aliphatic rings. The molecule has 24 heavy (non-hydrogen) atoms. The number of methoxy groups -OCH3 is 1. The molecule has 0 spiro atoms. The Hall–Kier alpha value is -2.67. The van der Waals surface area contributed by atoms with Crippen LogP contribution >= 0.6 is 0 Å². The molecule has 0 saturated carbocycles. The number of carbonyl (C=O) groups excluding carboxylic acids is 2. The summed E-state index contributed by atoms with van der Waals surface area (Å²) in [6.45, 7) is 2.12. The Balaban J connectivity index is 2.54. The molecule has 0 radical (unpaired) electrons. The van der Waals surface area contributed by atoms with Crippen LogP contribution in [0.1, 0.15) is 22.8 Å². The summed E-state index contributed by atoms with van der Waals surface area (Å²) < 4.78 is 9.66. The number of pyridine rings is 1. The number of esters is 2. The van der Waals surface area contributed by atoms with Crippen molar-refractivity contribution in [1.82, 2.24) is 9.88 Å². The minimum absolute atomic E-state index is 0.0349. The number of hydrogen-bond donors (Lipinski definition) is 1. The van der Waals surface area contributed by atoms with Crippen molar-refractivity contribution in [1.29, 1.82) is 0 Å². The summed E-state index contributed by atoms with van der Waals surface area (Å²) in [5.41, 5.74) is 0.608. The summed E-state index contributed by atoms with van der Waals surface area (Å²) in [7, 11) is 3.02. The lowest BCUT2D eigenvalue weighted by Crippen LogP contribution is -2.30. The molecular weight excluding hydrogens is 312 g/mol. The van der Waals surface area contributed by atoms with Gasteiger partial charge in [0.15, 0.2) is 0 Å². The molecule has 0 atom stereocenters. The molecule has 128 valence electrons. The van der Waals surface area contributed by atoms with E-state index in [9.17, 15) is 14.4 Å². The average Bonchev–Trinajstić information content (AvgIpc) is 2.54. The second-order valence-corrected chi connectivity index (χ2v) is 5.32. The monoisotopic (exact) mass is 332 g/mol. The van der Waals surface area contributed by atoms with E-state index in [1.165, 1.54) is 7.11 Å². The Bertz CT molecular complexity index is 812. The lowest BCUT2D eigenvalue weighted by Gasteiger charge is -2.18. The maximum Gasteiger partial charge on any atom is 0.344 e. The molecule has 7 nitrogen and oxygen atoms in total. The molecule has 0 fully saturated rings. The fourth-order valence-electron chi connectivity index (χ4n) is 2.51. The summed E-state index contributed by atoms with van der Waals surface area (Å²) >= 11 is 0. The number of aromatic amines is 1. The summed E-state index contributed by atoms with van der Waals surface area (Å²) in [5.74, 6) is -1.07. The molecule has 0 saturated heterocycles. The SMILES string of the molecule is CCOC(=O)c1c(CN(C)CC(=O)OC)c2ccccc2[nH]c1=O. The standard InChI is InChI=1S/C17H20N2O5/c1-4-24-17(22)15-12(9-19(2)10-14(20)23-3)11-7-5-6-8-13(11)18-16(15)21/h5-8H,4,9-10H2,1-3H3,(H,18,21). The van der Waals surface area contributed by atoms with Gasteiger partial charge in [0.1, 0.15) is 5.56 Å². The smallest absolute Gasteiger partial charge is 0.344 e. The van der Waals surface area contributed by atoms with Crippen LogP contribution in [0.15, 0.2) is 29.1 Å². The maximum absolute atomic E-state index is 12.4. The second-order valence-electron chi connectivity index (χ2n) is 5.32. The van der Waals surface area contributed by atoms with Gasteiger partial charge in [0.05, 0.1) is 20.3 Å². The van der Waals surface area contributed by atoms with E-state index in [1.54, 1.807) is 31.0 Å². The number of rotatable bonds is 6. The first-order chi connectivity index (χ1) is 11.5. The van der Waals surface area contributed by atoms with Gasteiger partial charge in [-0.1, -0.05) is 18.2 Å². The van der Waals surface area contributed by atoms with Crippen molar-refractivity contribution in [3.05, 3.63) is 45.7 Å². The van der Waals surface area contributed by atoms with Crippen LogP contribution in [0.3, 0.4) is 0 Å². The van der Waals surface area contributed by atoms with E-state index < -0.39 is 17.5 Å². The predicted octanol–water partition coefficient (Wildman–Crippen LogP) is 1.31. The summed E-state index contributed by atoms with van der Waals surface area (Å²) in [4.78, 5) is 40.4. The molecule has 0 amide bonds. The number of benzene rings is 1. The molecule has 2 aromatic rings. The van der Waals surface area contributed by atoms with Crippen LogP contribution < -0.4 is 5.56 Å².